The largest absolute Gasteiger partial charge is 0.455 e. The number of hydrogen-bond donors (Lipinski definition) is 4. The number of nitrogens with zero attached hydrogens (tertiary/aromatic N) is 2. The van der Waals surface area contributed by atoms with E-state index in [1.807, 2.05) is 19.9 Å². The van der Waals surface area contributed by atoms with E-state index in [1.165, 1.54) is 0 Å². The highest BCUT2D eigenvalue weighted by atomic mass is 16.6. The molecule has 4 N–H and O–H groups in total. The zero-order valence-electron chi connectivity index (χ0n) is 33.5. The third kappa shape index (κ3) is 7.14. The minimum Gasteiger partial charge on any atom is -0.455 e. The van der Waals surface area contributed by atoms with E-state index in [0.717, 1.165) is 26.2 Å². The molecule has 55 heavy (non-hydrogen) atoms. The van der Waals surface area contributed by atoms with Crippen molar-refractivity contribution in [1.29, 1.82) is 0 Å². The van der Waals surface area contributed by atoms with Crippen molar-refractivity contribution in [2.45, 2.75) is 109 Å². The van der Waals surface area contributed by atoms with E-state index in [0.29, 0.717) is 36.9 Å². The van der Waals surface area contributed by atoms with Gasteiger partial charge in [-0.15, -0.1) is 0 Å². The molecule has 2 aliphatic heterocycles. The predicted molar refractivity (Wildman–Crippen MR) is 205 cm³/mol. The molecule has 0 radical (unpaired) electrons. The van der Waals surface area contributed by atoms with Crippen LogP contribution in [-0.4, -0.2) is 139 Å². The smallest absolute Gasteiger partial charge is 0.350 e. The Kier molecular flexibility index (Phi) is 11.9. The first-order valence-electron chi connectivity index (χ1n) is 19.9. The van der Waals surface area contributed by atoms with Gasteiger partial charge in [0.1, 0.15) is 12.2 Å². The van der Waals surface area contributed by atoms with Crippen LogP contribution in [-0.2, 0) is 33.4 Å². The number of nitrogens with one attached hydrogen (secondary N) is 1. The average Bonchev–Trinajstić information content (AvgIpc) is 3.14. The van der Waals surface area contributed by atoms with Gasteiger partial charge in [0.05, 0.1) is 42.1 Å². The van der Waals surface area contributed by atoms with Gasteiger partial charge in [0.15, 0.2) is 5.78 Å². The quantitative estimate of drug-likeness (QED) is 0.105. The molecule has 4 fully saturated rings. The second kappa shape index (κ2) is 15.8. The van der Waals surface area contributed by atoms with Crippen molar-refractivity contribution < 1.29 is 48.7 Å². The molecular formula is C41H60BN3O10. The van der Waals surface area contributed by atoms with Crippen LogP contribution in [0.2, 0.25) is 0 Å². The number of benzene rings is 1. The van der Waals surface area contributed by atoms with Crippen LogP contribution in [0, 0.1) is 28.1 Å². The van der Waals surface area contributed by atoms with E-state index < -0.39 is 81.9 Å². The fourth-order valence-corrected chi connectivity index (χ4v) is 11.0. The number of aliphatic hydroxyl groups is 3. The van der Waals surface area contributed by atoms with Gasteiger partial charge in [-0.1, -0.05) is 58.0 Å². The first-order chi connectivity index (χ1) is 25.9. The molecule has 0 spiro atoms. The third-order valence-corrected chi connectivity index (χ3v) is 14.4. The number of fused-ring (bicyclic) bond motifs is 5. The predicted octanol–water partition coefficient (Wildman–Crippen LogP) is 1.56. The first kappa shape index (κ1) is 41.7. The molecule has 1 aromatic rings. The molecule has 0 unspecified atom stereocenters. The summed E-state index contributed by atoms with van der Waals surface area (Å²) < 4.78 is 18.2. The summed E-state index contributed by atoms with van der Waals surface area (Å²) in [5.74, 6) is -3.23. The molecule has 13 nitrogen and oxygen atoms in total. The number of ketones is 1. The summed E-state index contributed by atoms with van der Waals surface area (Å²) in [6, 6.07) is 7.94. The van der Waals surface area contributed by atoms with Crippen LogP contribution in [0.25, 0.3) is 0 Å². The number of rotatable bonds is 12. The lowest BCUT2D eigenvalue weighted by molar-refractivity contribution is -0.302. The normalized spacial score (nSPS) is 37.2. The van der Waals surface area contributed by atoms with Crippen molar-refractivity contribution in [3.63, 3.8) is 0 Å². The Bertz CT molecular complexity index is 1650. The van der Waals surface area contributed by atoms with Gasteiger partial charge in [0, 0.05) is 56.3 Å². The zero-order chi connectivity index (χ0) is 40.1. The lowest BCUT2D eigenvalue weighted by Crippen LogP contribution is -2.75. The molecule has 302 valence electrons. The molecule has 2 saturated carbocycles. The van der Waals surface area contributed by atoms with E-state index in [9.17, 15) is 34.5 Å². The van der Waals surface area contributed by atoms with Crippen molar-refractivity contribution in [2.75, 3.05) is 46.4 Å². The lowest BCUT2D eigenvalue weighted by atomic mass is 9.40. The number of aliphatic hydroxyl groups excluding tert-OH is 2. The summed E-state index contributed by atoms with van der Waals surface area (Å²) in [4.78, 5) is 58.8. The van der Waals surface area contributed by atoms with E-state index >= 15 is 0 Å². The van der Waals surface area contributed by atoms with Gasteiger partial charge in [-0.3, -0.25) is 9.59 Å². The Morgan fingerprint density at radius 2 is 1.78 bits per heavy atom. The van der Waals surface area contributed by atoms with Crippen LogP contribution in [0.3, 0.4) is 0 Å². The highest BCUT2D eigenvalue weighted by Gasteiger charge is 2.73. The molecule has 2 heterocycles. The number of carbonyl (C=O) groups excluding carboxylic acids is 4. The number of likely N-dealkylation sites (N-methyl/N-ethyl adjacent to an activating group) is 1. The third-order valence-electron chi connectivity index (χ3n) is 14.4. The van der Waals surface area contributed by atoms with Crippen molar-refractivity contribution in [2.24, 2.45) is 28.1 Å². The Hall–Kier alpha value is -2.98. The Morgan fingerprint density at radius 3 is 2.40 bits per heavy atom. The number of esters is 2. The van der Waals surface area contributed by atoms with Crippen LogP contribution in [0.4, 0.5) is 0 Å². The van der Waals surface area contributed by atoms with Gasteiger partial charge in [-0.25, -0.2) is 4.79 Å². The molecule has 2 bridgehead atoms. The molecule has 2 saturated heterocycles. The molecule has 6 rings (SSSR count). The molecule has 5 aliphatic rings. The highest BCUT2D eigenvalue weighted by molar-refractivity contribution is 6.64. The number of piperazine rings is 1. The van der Waals surface area contributed by atoms with E-state index in [4.69, 9.17) is 14.2 Å². The fourth-order valence-electron chi connectivity index (χ4n) is 11.0. The van der Waals surface area contributed by atoms with Gasteiger partial charge in [0.25, 0.3) is 7.41 Å². The maximum Gasteiger partial charge on any atom is 0.350 e. The van der Waals surface area contributed by atoms with Crippen LogP contribution < -0.4 is 5.23 Å². The van der Waals surface area contributed by atoms with Gasteiger partial charge in [-0.2, -0.15) is 0 Å². The van der Waals surface area contributed by atoms with Gasteiger partial charge in [0.2, 0.25) is 6.10 Å². The minimum atomic E-state index is -1.70. The summed E-state index contributed by atoms with van der Waals surface area (Å²) >= 11 is 0. The van der Waals surface area contributed by atoms with Gasteiger partial charge < -0.3 is 49.4 Å². The van der Waals surface area contributed by atoms with Crippen molar-refractivity contribution in [3.8, 4) is 0 Å². The van der Waals surface area contributed by atoms with Gasteiger partial charge in [-0.05, 0) is 62.4 Å². The van der Waals surface area contributed by atoms with Crippen LogP contribution in [0.1, 0.15) is 78.8 Å². The standard InChI is InChI=1S/C41H60BN3O10/c1-24-27(21-41(52)25(2)35-39(5)22-53-29(39)20-28(47)40(35,6)36(50)33(49)31(24)38(41,3)4)54-37(51)34(32(43-42-23-46)26-12-9-8-10-13-26)55-30(48)14-11-15-45-18-16-44(7)17-19-45/h8-10,12-13,23,25,27-29,32-35,42-43,47,49,52H,11,14-22H2,1-7H3/t25-,27-,28-,29+,32-,33+,34+,35+,39+,40+,41+/m0/s1. The molecular weight excluding hydrogens is 705 g/mol. The first-order valence-corrected chi connectivity index (χ1v) is 19.9. The maximum absolute atomic E-state index is 14.6. The van der Waals surface area contributed by atoms with E-state index in [-0.39, 0.29) is 38.4 Å². The summed E-state index contributed by atoms with van der Waals surface area (Å²) in [5.41, 5.74) is -3.48. The molecule has 14 heteroatoms. The maximum atomic E-state index is 14.6. The lowest BCUT2D eigenvalue weighted by Gasteiger charge is -2.68. The zero-order valence-corrected chi connectivity index (χ0v) is 33.5. The monoisotopic (exact) mass is 765 g/mol. The molecule has 1 aromatic carbocycles. The molecule has 11 atom stereocenters. The fraction of sp³-hybridized carbons (Fsp3) is 0.707. The summed E-state index contributed by atoms with van der Waals surface area (Å²) in [6.45, 7) is 15.6. The van der Waals surface area contributed by atoms with E-state index in [1.54, 1.807) is 52.0 Å². The SMILES string of the molecule is CC1=C2[C@@H](O)C(=O)[C@@]3(C)[C@H]([C@H](C)[C@](O)(C[C@@H]1OC(=O)[C@H](OC(=O)CCCN1CCN(C)CC1)[C@@H](NBC=O)c1ccccc1)C2(C)C)[C@]1(C)CO[C@@H]1C[C@@H]3O. The number of Topliss-reactive ketones (excluding diaryl/α,β-unsaturated/α-hetero) is 1. The summed E-state index contributed by atoms with van der Waals surface area (Å²) in [5, 5.41) is 39.7. The summed E-state index contributed by atoms with van der Waals surface area (Å²) in [7, 11) is 1.95. The summed E-state index contributed by atoms with van der Waals surface area (Å²) in [6.07, 6.45) is -4.32. The van der Waals surface area contributed by atoms with Crippen LogP contribution in [0.5, 0.6) is 0 Å². The Labute approximate surface area is 325 Å². The molecule has 3 aliphatic carbocycles. The molecule has 0 aromatic heterocycles. The number of ether oxygens (including phenoxy) is 3. The van der Waals surface area contributed by atoms with Gasteiger partial charge >= 0.3 is 11.9 Å². The van der Waals surface area contributed by atoms with Crippen LogP contribution >= 0.6 is 0 Å². The van der Waals surface area contributed by atoms with Crippen LogP contribution in [0.15, 0.2) is 41.5 Å². The minimum absolute atomic E-state index is 0.0626. The van der Waals surface area contributed by atoms with Crippen molar-refractivity contribution in [3.05, 3.63) is 47.0 Å². The highest BCUT2D eigenvalue weighted by Crippen LogP contribution is 2.66. The topological polar surface area (TPSA) is 175 Å². The van der Waals surface area contributed by atoms with E-state index in [2.05, 4.69) is 22.1 Å². The van der Waals surface area contributed by atoms with Crippen molar-refractivity contribution >= 4 is 31.3 Å². The van der Waals surface area contributed by atoms with Crippen molar-refractivity contribution in [1.82, 2.24) is 15.0 Å². The Balaban J connectivity index is 1.33. The number of carbonyl (C=O) groups is 4. The Morgan fingerprint density at radius 1 is 1.11 bits per heavy atom. The molecule has 0 amide bonds. The number of hydrogen-bond acceptors (Lipinski definition) is 13. The second-order valence-corrected chi connectivity index (χ2v) is 17.8. The average molecular weight is 766 g/mol. The second-order valence-electron chi connectivity index (χ2n) is 17.8.